The third-order valence-corrected chi connectivity index (χ3v) is 10.8. The Labute approximate surface area is 313 Å². The van der Waals surface area contributed by atoms with Gasteiger partial charge in [-0.15, -0.1) is 0 Å². The first-order valence-corrected chi connectivity index (χ1v) is 18.7. The maximum Gasteiger partial charge on any atom is 0.407 e. The Morgan fingerprint density at radius 2 is 1.41 bits per heavy atom. The highest BCUT2D eigenvalue weighted by Gasteiger charge is 2.40. The van der Waals surface area contributed by atoms with E-state index < -0.39 is 24.3 Å². The molecule has 0 bridgehead atoms. The molecule has 54 heavy (non-hydrogen) atoms. The number of fused-ring (bicyclic) bond motifs is 1. The zero-order valence-electron chi connectivity index (χ0n) is 30.8. The van der Waals surface area contributed by atoms with Crippen molar-refractivity contribution in [2.75, 3.05) is 27.3 Å². The number of hydrogen-bond acceptors (Lipinski definition) is 8. The van der Waals surface area contributed by atoms with Gasteiger partial charge in [-0.05, 0) is 87.3 Å². The molecule has 7 rings (SSSR count). The topological polar surface area (TPSA) is 175 Å². The summed E-state index contributed by atoms with van der Waals surface area (Å²) in [6, 6.07) is 12.0. The fraction of sp³-hybridized carbons (Fsp3) is 0.450. The van der Waals surface area contributed by atoms with Crippen LogP contribution in [0, 0.1) is 17.8 Å². The van der Waals surface area contributed by atoms with E-state index in [0.29, 0.717) is 18.9 Å². The SMILES string of the molecule is COC(=O)NC(C)C(=O)N1CCCC1c1nc2ccc(C#Cc3ccc(-c4cnc(C5CCCN5C(=O)C(NC(=O)OC)C5CCCC5)[nH]4)cc3)cc2[nH]1. The van der Waals surface area contributed by atoms with E-state index in [-0.39, 0.29) is 29.8 Å². The maximum absolute atomic E-state index is 13.8. The number of alkyl carbamates (subject to hydrolysis) is 2. The minimum absolute atomic E-state index is 0.0729. The smallest absolute Gasteiger partial charge is 0.407 e. The summed E-state index contributed by atoms with van der Waals surface area (Å²) in [5.74, 6) is 7.80. The first kappa shape index (κ1) is 36.5. The Hall–Kier alpha value is -5.84. The van der Waals surface area contributed by atoms with Crippen LogP contribution >= 0.6 is 0 Å². The van der Waals surface area contributed by atoms with Gasteiger partial charge in [0.05, 0.1) is 49.2 Å². The Kier molecular flexibility index (Phi) is 10.8. The summed E-state index contributed by atoms with van der Waals surface area (Å²) in [6.45, 7) is 2.85. The second kappa shape index (κ2) is 16.0. The fourth-order valence-corrected chi connectivity index (χ4v) is 8.01. The number of ether oxygens (including phenoxy) is 2. The third-order valence-electron chi connectivity index (χ3n) is 10.8. The molecule has 14 heteroatoms. The molecule has 4 unspecified atom stereocenters. The Bertz CT molecular complexity index is 2070. The van der Waals surface area contributed by atoms with E-state index in [2.05, 4.69) is 42.2 Å². The van der Waals surface area contributed by atoms with Gasteiger partial charge in [-0.25, -0.2) is 19.6 Å². The summed E-state index contributed by atoms with van der Waals surface area (Å²) in [4.78, 5) is 70.7. The lowest BCUT2D eigenvalue weighted by atomic mass is 9.96. The lowest BCUT2D eigenvalue weighted by Crippen LogP contribution is -2.51. The average molecular weight is 735 g/mol. The molecule has 1 aliphatic carbocycles. The number of nitrogens with one attached hydrogen (secondary N) is 4. The van der Waals surface area contributed by atoms with Gasteiger partial charge in [0.2, 0.25) is 11.8 Å². The maximum atomic E-state index is 13.8. The zero-order chi connectivity index (χ0) is 37.8. The summed E-state index contributed by atoms with van der Waals surface area (Å²) >= 11 is 0. The van der Waals surface area contributed by atoms with Crippen molar-refractivity contribution >= 4 is 35.0 Å². The second-order valence-electron chi connectivity index (χ2n) is 14.3. The molecule has 4 aromatic rings. The highest BCUT2D eigenvalue weighted by Crippen LogP contribution is 2.36. The molecule has 2 aromatic carbocycles. The molecular weight excluding hydrogens is 688 g/mol. The van der Waals surface area contributed by atoms with E-state index >= 15 is 0 Å². The van der Waals surface area contributed by atoms with Gasteiger partial charge in [0.25, 0.3) is 0 Å². The van der Waals surface area contributed by atoms with Gasteiger partial charge < -0.3 is 39.9 Å². The molecule has 2 aromatic heterocycles. The molecule has 0 radical (unpaired) electrons. The van der Waals surface area contributed by atoms with Crippen molar-refractivity contribution in [3.8, 4) is 23.1 Å². The van der Waals surface area contributed by atoms with Crippen LogP contribution in [-0.2, 0) is 19.1 Å². The number of carbonyl (C=O) groups is 4. The van der Waals surface area contributed by atoms with Crippen molar-refractivity contribution in [2.24, 2.45) is 5.92 Å². The van der Waals surface area contributed by atoms with E-state index in [4.69, 9.17) is 9.72 Å². The van der Waals surface area contributed by atoms with Crippen LogP contribution in [0.1, 0.15) is 93.1 Å². The largest absolute Gasteiger partial charge is 0.453 e. The number of imidazole rings is 2. The molecule has 4 atom stereocenters. The van der Waals surface area contributed by atoms with E-state index in [0.717, 1.165) is 90.6 Å². The van der Waals surface area contributed by atoms with Crippen molar-refractivity contribution in [3.63, 3.8) is 0 Å². The summed E-state index contributed by atoms with van der Waals surface area (Å²) in [5.41, 5.74) is 5.09. The van der Waals surface area contributed by atoms with Gasteiger partial charge in [-0.3, -0.25) is 9.59 Å². The van der Waals surface area contributed by atoms with E-state index in [1.165, 1.54) is 14.2 Å². The minimum atomic E-state index is -0.714. The number of aromatic amines is 2. The summed E-state index contributed by atoms with van der Waals surface area (Å²) < 4.78 is 9.49. The molecular formula is C40H46N8O6. The van der Waals surface area contributed by atoms with Gasteiger partial charge >= 0.3 is 12.2 Å². The number of carbonyl (C=O) groups excluding carboxylic acids is 4. The first-order valence-electron chi connectivity index (χ1n) is 18.7. The zero-order valence-corrected chi connectivity index (χ0v) is 30.8. The number of likely N-dealkylation sites (tertiary alicyclic amines) is 2. The van der Waals surface area contributed by atoms with Gasteiger partial charge in [0.15, 0.2) is 0 Å². The monoisotopic (exact) mass is 734 g/mol. The molecule has 2 saturated heterocycles. The summed E-state index contributed by atoms with van der Waals surface area (Å²) in [6.07, 6.45) is 7.78. The van der Waals surface area contributed by atoms with Crippen molar-refractivity contribution in [1.29, 1.82) is 0 Å². The molecule has 4 heterocycles. The fourth-order valence-electron chi connectivity index (χ4n) is 8.01. The first-order chi connectivity index (χ1) is 26.2. The van der Waals surface area contributed by atoms with E-state index in [1.54, 1.807) is 18.0 Å². The van der Waals surface area contributed by atoms with Crippen molar-refractivity contribution < 1.29 is 28.7 Å². The van der Waals surface area contributed by atoms with Crippen molar-refractivity contribution in [3.05, 3.63) is 71.4 Å². The molecule has 0 spiro atoms. The van der Waals surface area contributed by atoms with Crippen LogP contribution < -0.4 is 10.6 Å². The van der Waals surface area contributed by atoms with Crippen LogP contribution in [0.4, 0.5) is 9.59 Å². The van der Waals surface area contributed by atoms with Crippen LogP contribution in [0.3, 0.4) is 0 Å². The number of hydrogen-bond donors (Lipinski definition) is 4. The molecule has 3 aliphatic rings. The van der Waals surface area contributed by atoms with Crippen LogP contribution in [0.2, 0.25) is 0 Å². The van der Waals surface area contributed by atoms with Crippen LogP contribution in [0.25, 0.3) is 22.3 Å². The lowest BCUT2D eigenvalue weighted by molar-refractivity contribution is -0.136. The Morgan fingerprint density at radius 3 is 2.11 bits per heavy atom. The number of nitrogens with zero attached hydrogens (tertiary/aromatic N) is 4. The van der Waals surface area contributed by atoms with Crippen molar-refractivity contribution in [1.82, 2.24) is 40.4 Å². The van der Waals surface area contributed by atoms with Gasteiger partial charge in [-0.1, -0.05) is 36.8 Å². The number of benzene rings is 2. The third kappa shape index (κ3) is 7.76. The van der Waals surface area contributed by atoms with Crippen molar-refractivity contribution in [2.45, 2.75) is 82.5 Å². The van der Waals surface area contributed by atoms with Crippen LogP contribution in [0.15, 0.2) is 48.7 Å². The van der Waals surface area contributed by atoms with E-state index in [9.17, 15) is 19.2 Å². The molecule has 4 N–H and O–H groups in total. The number of methoxy groups -OCH3 is 2. The van der Waals surface area contributed by atoms with Gasteiger partial charge in [-0.2, -0.15) is 0 Å². The second-order valence-corrected chi connectivity index (χ2v) is 14.3. The molecule has 282 valence electrons. The van der Waals surface area contributed by atoms with Crippen LogP contribution in [0.5, 0.6) is 0 Å². The van der Waals surface area contributed by atoms with E-state index in [1.807, 2.05) is 47.4 Å². The molecule has 4 amide bonds. The number of aromatic nitrogens is 4. The standard InChI is InChI=1S/C40H46N8O6/c1-24(42-39(51)53-2)37(49)47-20-7-11-33(47)36-43-29-19-16-26(22-30(29)44-36)13-12-25-14-17-27(18-15-25)31-23-41-35(45-31)32-10-6-21-48(32)38(50)34(46-40(52)54-3)28-8-4-5-9-28/h14-19,22-24,28,32-34H,4-11,20-21H2,1-3H3,(H,41,45)(H,42,51)(H,43,44)(H,46,52). The minimum Gasteiger partial charge on any atom is -0.453 e. The highest BCUT2D eigenvalue weighted by molar-refractivity contribution is 5.87. The number of H-pyrrole nitrogens is 2. The lowest BCUT2D eigenvalue weighted by Gasteiger charge is -2.31. The van der Waals surface area contributed by atoms with Crippen LogP contribution in [-0.4, -0.2) is 93.1 Å². The normalized spacial score (nSPS) is 19.6. The summed E-state index contributed by atoms with van der Waals surface area (Å²) in [5, 5.41) is 5.38. The van der Waals surface area contributed by atoms with Gasteiger partial charge in [0.1, 0.15) is 23.7 Å². The molecule has 14 nitrogen and oxygen atoms in total. The summed E-state index contributed by atoms with van der Waals surface area (Å²) in [7, 11) is 2.59. The highest BCUT2D eigenvalue weighted by atomic mass is 16.5. The molecule has 3 fully saturated rings. The molecule has 1 saturated carbocycles. The average Bonchev–Trinajstić information content (AvgIpc) is 4.04. The predicted octanol–water partition coefficient (Wildman–Crippen LogP) is 5.34. The predicted molar refractivity (Wildman–Crippen MR) is 200 cm³/mol. The molecule has 2 aliphatic heterocycles. The quantitative estimate of drug-likeness (QED) is 0.176. The van der Waals surface area contributed by atoms with Gasteiger partial charge in [0, 0.05) is 24.2 Å². The number of rotatable bonds is 8. The Balaban J connectivity index is 1.01. The Morgan fingerprint density at radius 1 is 0.778 bits per heavy atom. The number of amides is 4.